The second-order valence-electron chi connectivity index (χ2n) is 9.02. The van der Waals surface area contributed by atoms with Gasteiger partial charge in [-0.15, -0.1) is 0 Å². The van der Waals surface area contributed by atoms with Crippen LogP contribution >= 0.6 is 7.60 Å². The smallest absolute Gasteiger partial charge is 0.414 e. The largest absolute Gasteiger partial charge is 0.489 e. The van der Waals surface area contributed by atoms with Gasteiger partial charge in [-0.1, -0.05) is 49.0 Å². The topological polar surface area (TPSA) is 74.3 Å². The van der Waals surface area contributed by atoms with E-state index >= 15 is 0 Å². The summed E-state index contributed by atoms with van der Waals surface area (Å²) in [4.78, 5) is 13.8. The van der Waals surface area contributed by atoms with Gasteiger partial charge in [0, 0.05) is 13.1 Å². The zero-order valence-electron chi connectivity index (χ0n) is 21.6. The molecule has 1 heterocycles. The number of benzene rings is 2. The molecule has 0 N–H and O–H groups in total. The van der Waals surface area contributed by atoms with Crippen molar-refractivity contribution in [2.45, 2.75) is 52.8 Å². The highest BCUT2D eigenvalue weighted by Crippen LogP contribution is 2.51. The monoisotopic (exact) mass is 515 g/mol. The summed E-state index contributed by atoms with van der Waals surface area (Å²) in [6.07, 6.45) is 2.70. The van der Waals surface area contributed by atoms with Crippen molar-refractivity contribution in [1.82, 2.24) is 4.90 Å². The maximum absolute atomic E-state index is 12.8. The van der Waals surface area contributed by atoms with E-state index in [1.54, 1.807) is 11.8 Å². The molecule has 0 saturated carbocycles. The number of para-hydroxylation sites is 1. The molecule has 1 amide bonds. The van der Waals surface area contributed by atoms with Crippen molar-refractivity contribution in [3.05, 3.63) is 77.6 Å². The van der Waals surface area contributed by atoms with Crippen LogP contribution in [0.25, 0.3) is 0 Å². The Labute approximate surface area is 214 Å². The van der Waals surface area contributed by atoms with Crippen molar-refractivity contribution < 1.29 is 27.9 Å². The Bertz CT molecular complexity index is 1040. The summed E-state index contributed by atoms with van der Waals surface area (Å²) in [5, 5.41) is 0. The normalized spacial score (nSPS) is 14.5. The van der Waals surface area contributed by atoms with Gasteiger partial charge in [-0.05, 0) is 68.7 Å². The van der Waals surface area contributed by atoms with E-state index in [1.807, 2.05) is 56.3 Å². The molecule has 1 aliphatic rings. The third-order valence-corrected chi connectivity index (χ3v) is 8.12. The van der Waals surface area contributed by atoms with Crippen LogP contribution in [-0.2, 0) is 37.5 Å². The Morgan fingerprint density at radius 1 is 1.00 bits per heavy atom. The molecule has 1 aliphatic heterocycles. The first-order valence-electron chi connectivity index (χ1n) is 12.6. The van der Waals surface area contributed by atoms with E-state index in [1.165, 1.54) is 5.56 Å². The number of rotatable bonds is 12. The number of hydrogen-bond acceptors (Lipinski definition) is 6. The van der Waals surface area contributed by atoms with Crippen molar-refractivity contribution >= 4 is 13.7 Å². The minimum absolute atomic E-state index is 0.252. The number of ether oxygens (including phenoxy) is 2. The summed E-state index contributed by atoms with van der Waals surface area (Å²) in [5.74, 6) is 1.77. The number of piperidine rings is 1. The number of amides is 1. The first-order chi connectivity index (χ1) is 17.3. The van der Waals surface area contributed by atoms with Gasteiger partial charge in [-0.3, -0.25) is 4.57 Å². The Hall–Kier alpha value is -2.60. The van der Waals surface area contributed by atoms with Gasteiger partial charge in [-0.2, -0.15) is 0 Å². The van der Waals surface area contributed by atoms with E-state index in [0.717, 1.165) is 36.1 Å². The fourth-order valence-corrected chi connectivity index (χ4v) is 6.01. The molecular formula is C28H38NO6P. The van der Waals surface area contributed by atoms with Gasteiger partial charge in [0.15, 0.2) is 0 Å². The lowest BCUT2D eigenvalue weighted by Gasteiger charge is -2.31. The third-order valence-electron chi connectivity index (χ3n) is 6.06. The molecule has 7 nitrogen and oxygen atoms in total. The van der Waals surface area contributed by atoms with Crippen molar-refractivity contribution in [3.8, 4) is 5.75 Å². The Kier molecular flexibility index (Phi) is 10.6. The summed E-state index contributed by atoms with van der Waals surface area (Å²) in [5.41, 5.74) is 3.11. The number of likely N-dealkylation sites (tertiary alicyclic amines) is 1. The highest BCUT2D eigenvalue weighted by Gasteiger charge is 2.25. The zero-order valence-corrected chi connectivity index (χ0v) is 22.5. The Morgan fingerprint density at radius 2 is 1.61 bits per heavy atom. The summed E-state index contributed by atoms with van der Waals surface area (Å²) in [6, 6.07) is 16.0. The molecule has 0 aliphatic carbocycles. The highest BCUT2D eigenvalue weighted by atomic mass is 31.2. The summed E-state index contributed by atoms with van der Waals surface area (Å²) in [7, 11) is -3.12. The lowest BCUT2D eigenvalue weighted by atomic mass is 9.90. The zero-order chi connectivity index (χ0) is 26.0. The van der Waals surface area contributed by atoms with Crippen LogP contribution in [0.15, 0.2) is 60.9 Å². The van der Waals surface area contributed by atoms with Crippen LogP contribution in [0.5, 0.6) is 5.75 Å². The molecule has 0 bridgehead atoms. The Morgan fingerprint density at radius 3 is 2.22 bits per heavy atom. The van der Waals surface area contributed by atoms with Gasteiger partial charge in [0.1, 0.15) is 12.4 Å². The van der Waals surface area contributed by atoms with Crippen molar-refractivity contribution in [2.24, 2.45) is 5.92 Å². The van der Waals surface area contributed by atoms with Crippen LogP contribution in [0, 0.1) is 5.92 Å². The van der Waals surface area contributed by atoms with E-state index in [9.17, 15) is 9.36 Å². The van der Waals surface area contributed by atoms with Crippen LogP contribution in [0.1, 0.15) is 50.3 Å². The molecule has 0 unspecified atom stereocenters. The SMILES string of the molecule is C=C(C)OC(=O)N1CCC(Cc2ccccc2OCc2ccc(CP(=O)(OCC)OCC)cc2)CC1. The van der Waals surface area contributed by atoms with E-state index in [-0.39, 0.29) is 12.3 Å². The fraction of sp³-hybridized carbons (Fsp3) is 0.464. The first-order valence-corrected chi connectivity index (χ1v) is 14.3. The number of carbonyl (C=O) groups is 1. The molecule has 3 rings (SSSR count). The van der Waals surface area contributed by atoms with Crippen LogP contribution in [-0.4, -0.2) is 37.3 Å². The number of hydrogen-bond donors (Lipinski definition) is 0. The second-order valence-corrected chi connectivity index (χ2v) is 11.1. The van der Waals surface area contributed by atoms with Gasteiger partial charge in [0.2, 0.25) is 0 Å². The minimum atomic E-state index is -3.12. The summed E-state index contributed by atoms with van der Waals surface area (Å²) >= 11 is 0. The van der Waals surface area contributed by atoms with E-state index < -0.39 is 7.60 Å². The average molecular weight is 516 g/mol. The molecule has 0 spiro atoms. The number of carbonyl (C=O) groups excluding carboxylic acids is 1. The molecule has 196 valence electrons. The average Bonchev–Trinajstić information content (AvgIpc) is 2.84. The molecule has 1 fully saturated rings. The van der Waals surface area contributed by atoms with Gasteiger partial charge in [0.25, 0.3) is 0 Å². The summed E-state index contributed by atoms with van der Waals surface area (Å²) < 4.78 is 34.9. The standard InChI is InChI=1S/C28H38NO6P/c1-5-33-36(31,34-6-2)21-25-13-11-24(12-14-25)20-32-27-10-8-7-9-26(27)19-23-15-17-29(18-16-23)28(30)35-22(3)4/h7-14,23H,3,5-6,15-21H2,1-2,4H3. The molecule has 0 atom stereocenters. The van der Waals surface area contributed by atoms with Crippen molar-refractivity contribution in [2.75, 3.05) is 26.3 Å². The molecule has 2 aromatic carbocycles. The third kappa shape index (κ3) is 8.51. The quantitative estimate of drug-likeness (QED) is 0.225. The maximum Gasteiger partial charge on any atom is 0.414 e. The summed E-state index contributed by atoms with van der Waals surface area (Å²) in [6.45, 7) is 11.5. The lowest BCUT2D eigenvalue weighted by molar-refractivity contribution is 0.110. The van der Waals surface area contributed by atoms with Gasteiger partial charge in [-0.25, -0.2) is 4.79 Å². The van der Waals surface area contributed by atoms with Gasteiger partial charge in [0.05, 0.1) is 25.1 Å². The van der Waals surface area contributed by atoms with E-state index in [2.05, 4.69) is 12.6 Å². The van der Waals surface area contributed by atoms with Crippen LogP contribution in [0.2, 0.25) is 0 Å². The van der Waals surface area contributed by atoms with Gasteiger partial charge < -0.3 is 23.4 Å². The van der Waals surface area contributed by atoms with Crippen molar-refractivity contribution in [1.29, 1.82) is 0 Å². The van der Waals surface area contributed by atoms with Crippen LogP contribution in [0.4, 0.5) is 4.79 Å². The van der Waals surface area contributed by atoms with Crippen LogP contribution in [0.3, 0.4) is 0 Å². The molecular weight excluding hydrogens is 477 g/mol. The fourth-order valence-electron chi connectivity index (χ4n) is 4.31. The molecule has 2 aromatic rings. The molecule has 0 aromatic heterocycles. The van der Waals surface area contributed by atoms with Gasteiger partial charge >= 0.3 is 13.7 Å². The lowest BCUT2D eigenvalue weighted by Crippen LogP contribution is -2.39. The number of allylic oxidation sites excluding steroid dienone is 1. The minimum Gasteiger partial charge on any atom is -0.489 e. The molecule has 36 heavy (non-hydrogen) atoms. The van der Waals surface area contributed by atoms with E-state index in [4.69, 9.17) is 18.5 Å². The van der Waals surface area contributed by atoms with E-state index in [0.29, 0.717) is 44.6 Å². The highest BCUT2D eigenvalue weighted by molar-refractivity contribution is 7.53. The molecule has 0 radical (unpaired) electrons. The van der Waals surface area contributed by atoms with Crippen molar-refractivity contribution in [3.63, 3.8) is 0 Å². The molecule has 1 saturated heterocycles. The predicted molar refractivity (Wildman–Crippen MR) is 141 cm³/mol. The first kappa shape index (κ1) is 28.0. The van der Waals surface area contributed by atoms with Crippen LogP contribution < -0.4 is 4.74 Å². The number of nitrogens with zero attached hydrogens (tertiary/aromatic N) is 1. The second kappa shape index (κ2) is 13.6. The molecule has 8 heteroatoms. The maximum atomic E-state index is 12.8. The predicted octanol–water partition coefficient (Wildman–Crippen LogP) is 6.96. The Balaban J connectivity index is 1.53.